The fourth-order valence-corrected chi connectivity index (χ4v) is 2.17. The van der Waals surface area contributed by atoms with Gasteiger partial charge in [0.25, 0.3) is 0 Å². The molecule has 0 spiro atoms. The first kappa shape index (κ1) is 13.4. The molecule has 5 heteroatoms. The lowest BCUT2D eigenvalue weighted by atomic mass is 10.1. The van der Waals surface area contributed by atoms with Crippen LogP contribution in [0, 0.1) is 0 Å². The van der Waals surface area contributed by atoms with Gasteiger partial charge in [0.1, 0.15) is 5.78 Å². The molecule has 5 nitrogen and oxygen atoms in total. The molecule has 1 aromatic rings. The smallest absolute Gasteiger partial charge is 0.238 e. The fraction of sp³-hybridized carbons (Fsp3) is 0.357. The van der Waals surface area contributed by atoms with Crippen molar-refractivity contribution in [3.63, 3.8) is 0 Å². The third-order valence-electron chi connectivity index (χ3n) is 3.15. The summed E-state index contributed by atoms with van der Waals surface area (Å²) in [6.45, 7) is 1.83. The molecular formula is C14H16N2O3. The summed E-state index contributed by atoms with van der Waals surface area (Å²) < 4.78 is 0. The maximum absolute atomic E-state index is 12.0. The van der Waals surface area contributed by atoms with Crippen molar-refractivity contribution in [2.75, 3.05) is 4.90 Å². The van der Waals surface area contributed by atoms with Gasteiger partial charge in [0.2, 0.25) is 11.8 Å². The van der Waals surface area contributed by atoms with Crippen molar-refractivity contribution in [1.82, 2.24) is 0 Å². The van der Waals surface area contributed by atoms with E-state index in [1.165, 1.54) is 11.8 Å². The van der Waals surface area contributed by atoms with Crippen LogP contribution in [0.5, 0.6) is 0 Å². The van der Waals surface area contributed by atoms with Gasteiger partial charge in [-0.25, -0.2) is 4.90 Å². The lowest BCUT2D eigenvalue weighted by Crippen LogP contribution is -2.33. The van der Waals surface area contributed by atoms with Crippen LogP contribution in [0.4, 0.5) is 5.69 Å². The number of nitrogens with zero attached hydrogens (tertiary/aromatic N) is 1. The Bertz CT molecular complexity index is 552. The van der Waals surface area contributed by atoms with E-state index in [4.69, 9.17) is 5.73 Å². The van der Waals surface area contributed by atoms with Crippen LogP contribution in [0.1, 0.15) is 30.9 Å². The number of fused-ring (bicyclic) bond motifs is 1. The van der Waals surface area contributed by atoms with Gasteiger partial charge >= 0.3 is 0 Å². The molecule has 1 aromatic carbocycles. The quantitative estimate of drug-likeness (QED) is 0.873. The van der Waals surface area contributed by atoms with E-state index in [9.17, 15) is 14.4 Å². The van der Waals surface area contributed by atoms with Crippen LogP contribution in [0.25, 0.3) is 0 Å². The molecule has 2 N–H and O–H groups in total. The van der Waals surface area contributed by atoms with Crippen molar-refractivity contribution in [2.45, 2.75) is 32.7 Å². The monoisotopic (exact) mass is 260 g/mol. The third kappa shape index (κ3) is 2.71. The Hall–Kier alpha value is -2.01. The van der Waals surface area contributed by atoms with Gasteiger partial charge in [-0.05, 0) is 24.1 Å². The molecule has 0 atom stereocenters. The van der Waals surface area contributed by atoms with E-state index in [0.29, 0.717) is 12.2 Å². The predicted molar refractivity (Wildman–Crippen MR) is 70.4 cm³/mol. The Morgan fingerprint density at radius 2 is 2.05 bits per heavy atom. The number of hydrogen-bond donors (Lipinski definition) is 1. The highest BCUT2D eigenvalue weighted by Gasteiger charge is 2.31. The van der Waals surface area contributed by atoms with Crippen molar-refractivity contribution < 1.29 is 14.4 Å². The summed E-state index contributed by atoms with van der Waals surface area (Å²) in [5.74, 6) is -0.615. The molecule has 0 aliphatic carbocycles. The van der Waals surface area contributed by atoms with Gasteiger partial charge in [-0.2, -0.15) is 0 Å². The Morgan fingerprint density at radius 3 is 2.68 bits per heavy atom. The molecular weight excluding hydrogens is 244 g/mol. The van der Waals surface area contributed by atoms with E-state index in [-0.39, 0.29) is 36.9 Å². The zero-order valence-electron chi connectivity index (χ0n) is 10.8. The Kier molecular flexibility index (Phi) is 3.76. The highest BCUT2D eigenvalue weighted by Crippen LogP contribution is 2.30. The molecule has 0 aromatic heterocycles. The summed E-state index contributed by atoms with van der Waals surface area (Å²) in [5, 5.41) is 0. The fourth-order valence-electron chi connectivity index (χ4n) is 2.17. The normalized spacial score (nSPS) is 13.6. The maximum atomic E-state index is 12.0. The number of nitrogens with two attached hydrogens (primary N) is 1. The number of hydrogen-bond acceptors (Lipinski definition) is 4. The summed E-state index contributed by atoms with van der Waals surface area (Å²) in [6.07, 6.45) is 0.451. The molecule has 0 bridgehead atoms. The topological polar surface area (TPSA) is 80.5 Å². The van der Waals surface area contributed by atoms with Gasteiger partial charge in [-0.1, -0.05) is 12.1 Å². The molecule has 2 amide bonds. The van der Waals surface area contributed by atoms with Crippen molar-refractivity contribution >= 4 is 23.3 Å². The van der Waals surface area contributed by atoms with E-state index in [1.54, 1.807) is 6.07 Å². The molecule has 2 rings (SSSR count). The zero-order chi connectivity index (χ0) is 14.0. The lowest BCUT2D eigenvalue weighted by Gasteiger charge is -2.15. The number of anilines is 1. The van der Waals surface area contributed by atoms with Gasteiger partial charge < -0.3 is 10.5 Å². The molecule has 100 valence electrons. The molecule has 0 unspecified atom stereocenters. The van der Waals surface area contributed by atoms with Gasteiger partial charge in [0.15, 0.2) is 0 Å². The van der Waals surface area contributed by atoms with Crippen molar-refractivity contribution in [2.24, 2.45) is 5.73 Å². The number of benzene rings is 1. The van der Waals surface area contributed by atoms with Gasteiger partial charge in [-0.15, -0.1) is 0 Å². The van der Waals surface area contributed by atoms with Crippen LogP contribution in [-0.4, -0.2) is 17.6 Å². The second-order valence-corrected chi connectivity index (χ2v) is 4.67. The second kappa shape index (κ2) is 5.32. The largest absolute Gasteiger partial charge is 0.326 e. The number of imide groups is 1. The minimum Gasteiger partial charge on any atom is -0.326 e. The molecule has 0 fully saturated rings. The molecule has 19 heavy (non-hydrogen) atoms. The molecule has 0 saturated carbocycles. The van der Waals surface area contributed by atoms with Gasteiger partial charge in [0, 0.05) is 19.4 Å². The van der Waals surface area contributed by atoms with Crippen LogP contribution >= 0.6 is 0 Å². The highest BCUT2D eigenvalue weighted by atomic mass is 16.2. The van der Waals surface area contributed by atoms with Crippen molar-refractivity contribution in [3.05, 3.63) is 29.3 Å². The molecule has 0 saturated heterocycles. The lowest BCUT2D eigenvalue weighted by molar-refractivity contribution is -0.127. The van der Waals surface area contributed by atoms with Crippen LogP contribution in [0.3, 0.4) is 0 Å². The average molecular weight is 260 g/mol. The number of amides is 2. The summed E-state index contributed by atoms with van der Waals surface area (Å²) in [5.41, 5.74) is 7.93. The minimum atomic E-state index is -0.320. The summed E-state index contributed by atoms with van der Waals surface area (Å²) >= 11 is 0. The third-order valence-corrected chi connectivity index (χ3v) is 3.15. The number of Topliss-reactive ketones (excluding diaryl/α,β-unsaturated/α-hetero) is 1. The van der Waals surface area contributed by atoms with Crippen molar-refractivity contribution in [1.29, 1.82) is 0 Å². The predicted octanol–water partition coefficient (Wildman–Crippen LogP) is 0.930. The molecule has 1 aliphatic heterocycles. The highest BCUT2D eigenvalue weighted by molar-refractivity contribution is 6.19. The van der Waals surface area contributed by atoms with Crippen LogP contribution in [0.15, 0.2) is 18.2 Å². The van der Waals surface area contributed by atoms with E-state index < -0.39 is 0 Å². The number of carbonyl (C=O) groups is 3. The van der Waals surface area contributed by atoms with E-state index in [1.807, 2.05) is 12.1 Å². The molecule has 1 heterocycles. The van der Waals surface area contributed by atoms with E-state index in [0.717, 1.165) is 11.1 Å². The second-order valence-electron chi connectivity index (χ2n) is 4.67. The standard InChI is InChI=1S/C14H16N2O3/c1-9(17)2-5-13(18)16-12-4-3-10(8-15)6-11(12)7-14(16)19/h3-4,6H,2,5,7-8,15H2,1H3. The zero-order valence-corrected chi connectivity index (χ0v) is 10.8. The minimum absolute atomic E-state index is 0.0568. The maximum Gasteiger partial charge on any atom is 0.238 e. The first-order chi connectivity index (χ1) is 9.02. The van der Waals surface area contributed by atoms with E-state index >= 15 is 0 Å². The SMILES string of the molecule is CC(=O)CCC(=O)N1C(=O)Cc2cc(CN)ccc21. The molecule has 0 radical (unpaired) electrons. The Morgan fingerprint density at radius 1 is 1.32 bits per heavy atom. The first-order valence-corrected chi connectivity index (χ1v) is 6.20. The van der Waals surface area contributed by atoms with E-state index in [2.05, 4.69) is 0 Å². The van der Waals surface area contributed by atoms with Crippen LogP contribution < -0.4 is 10.6 Å². The van der Waals surface area contributed by atoms with Crippen LogP contribution in [-0.2, 0) is 27.3 Å². The first-order valence-electron chi connectivity index (χ1n) is 6.20. The number of carbonyl (C=O) groups excluding carboxylic acids is 3. The number of ketones is 1. The number of rotatable bonds is 4. The summed E-state index contributed by atoms with van der Waals surface area (Å²) in [7, 11) is 0. The summed E-state index contributed by atoms with van der Waals surface area (Å²) in [6, 6.07) is 5.41. The van der Waals surface area contributed by atoms with Crippen LogP contribution in [0.2, 0.25) is 0 Å². The van der Waals surface area contributed by atoms with Gasteiger partial charge in [-0.3, -0.25) is 9.59 Å². The van der Waals surface area contributed by atoms with Crippen molar-refractivity contribution in [3.8, 4) is 0 Å². The average Bonchev–Trinajstić information content (AvgIpc) is 2.70. The van der Waals surface area contributed by atoms with Gasteiger partial charge in [0.05, 0.1) is 12.1 Å². The Balaban J connectivity index is 2.22. The summed E-state index contributed by atoms with van der Waals surface area (Å²) in [4.78, 5) is 36.0. The molecule has 1 aliphatic rings. The Labute approximate surface area is 111 Å².